The molecule has 0 spiro atoms. The molecule has 0 saturated carbocycles. The van der Waals surface area contributed by atoms with Crippen molar-refractivity contribution in [2.45, 2.75) is 0 Å². The van der Waals surface area contributed by atoms with E-state index in [9.17, 15) is 9.59 Å². The van der Waals surface area contributed by atoms with Crippen molar-refractivity contribution in [3.05, 3.63) is 71.8 Å². The highest BCUT2D eigenvalue weighted by atomic mass is 16.5. The molecule has 2 amide bonds. The first kappa shape index (κ1) is 16.9. The fourth-order valence-electron chi connectivity index (χ4n) is 2.62. The van der Waals surface area contributed by atoms with E-state index >= 15 is 0 Å². The molecule has 0 aromatic heterocycles. The van der Waals surface area contributed by atoms with Gasteiger partial charge in [-0.25, -0.2) is 0 Å². The first-order valence-electron chi connectivity index (χ1n) is 8.24. The molecule has 1 heterocycles. The summed E-state index contributed by atoms with van der Waals surface area (Å²) in [4.78, 5) is 26.5. The number of carbonyl (C=O) groups is 2. The lowest BCUT2D eigenvalue weighted by atomic mass is 10.1. The van der Waals surface area contributed by atoms with E-state index in [1.165, 1.54) is 6.08 Å². The maximum Gasteiger partial charge on any atom is 0.256 e. The van der Waals surface area contributed by atoms with Gasteiger partial charge in [0.15, 0.2) is 0 Å². The van der Waals surface area contributed by atoms with Crippen LogP contribution in [0.2, 0.25) is 0 Å². The summed E-state index contributed by atoms with van der Waals surface area (Å²) in [5.74, 6) is -0.271. The van der Waals surface area contributed by atoms with Crippen molar-refractivity contribution in [1.29, 1.82) is 0 Å². The van der Waals surface area contributed by atoms with E-state index in [-0.39, 0.29) is 11.8 Å². The van der Waals surface area contributed by atoms with Crippen LogP contribution in [0.3, 0.4) is 0 Å². The topological polar surface area (TPSA) is 58.6 Å². The quantitative estimate of drug-likeness (QED) is 0.874. The molecular formula is C20H20N2O3. The van der Waals surface area contributed by atoms with E-state index in [1.54, 1.807) is 23.1 Å². The molecule has 0 aliphatic carbocycles. The largest absolute Gasteiger partial charge is 0.378 e. The van der Waals surface area contributed by atoms with Crippen LogP contribution in [-0.2, 0) is 9.53 Å². The first-order chi connectivity index (χ1) is 12.2. The number of anilines is 1. The van der Waals surface area contributed by atoms with Crippen LogP contribution in [0.15, 0.2) is 60.7 Å². The lowest BCUT2D eigenvalue weighted by Gasteiger charge is -2.25. The summed E-state index contributed by atoms with van der Waals surface area (Å²) in [7, 11) is 0. The van der Waals surface area contributed by atoms with Gasteiger partial charge < -0.3 is 15.0 Å². The summed E-state index contributed by atoms with van der Waals surface area (Å²) in [5.41, 5.74) is 1.96. The molecular weight excluding hydrogens is 316 g/mol. The second-order valence-electron chi connectivity index (χ2n) is 5.68. The van der Waals surface area contributed by atoms with Crippen LogP contribution in [0.4, 0.5) is 5.69 Å². The predicted octanol–water partition coefficient (Wildman–Crippen LogP) is 2.81. The normalized spacial score (nSPS) is 14.5. The third-order valence-corrected chi connectivity index (χ3v) is 3.97. The molecule has 5 heteroatoms. The van der Waals surface area contributed by atoms with E-state index in [2.05, 4.69) is 5.32 Å². The van der Waals surface area contributed by atoms with Crippen LogP contribution in [0, 0.1) is 0 Å². The molecule has 1 N–H and O–H groups in total. The maximum atomic E-state index is 12.5. The van der Waals surface area contributed by atoms with Crippen LogP contribution in [-0.4, -0.2) is 43.0 Å². The van der Waals surface area contributed by atoms with Crippen molar-refractivity contribution in [3.63, 3.8) is 0 Å². The number of ether oxygens (including phenoxy) is 1. The summed E-state index contributed by atoms with van der Waals surface area (Å²) in [6.45, 7) is 2.32. The minimum atomic E-state index is -0.203. The SMILES string of the molecule is O=C(Nc1ccccc1)c1ccccc1/C=C/C(=O)N1CCOCC1. The number of hydrogen-bond donors (Lipinski definition) is 1. The number of para-hydroxylation sites is 1. The number of nitrogens with zero attached hydrogens (tertiary/aromatic N) is 1. The highest BCUT2D eigenvalue weighted by molar-refractivity contribution is 6.07. The number of benzene rings is 2. The van der Waals surface area contributed by atoms with E-state index in [4.69, 9.17) is 4.74 Å². The summed E-state index contributed by atoms with van der Waals surface area (Å²) in [6.07, 6.45) is 3.21. The maximum absolute atomic E-state index is 12.5. The second-order valence-corrected chi connectivity index (χ2v) is 5.68. The van der Waals surface area contributed by atoms with Gasteiger partial charge in [0.1, 0.15) is 0 Å². The highest BCUT2D eigenvalue weighted by Crippen LogP contribution is 2.14. The van der Waals surface area contributed by atoms with Gasteiger partial charge in [-0.2, -0.15) is 0 Å². The molecule has 3 rings (SSSR count). The Labute approximate surface area is 146 Å². The average Bonchev–Trinajstić information content (AvgIpc) is 2.68. The van der Waals surface area contributed by atoms with Crippen LogP contribution in [0.1, 0.15) is 15.9 Å². The number of amides is 2. The zero-order chi connectivity index (χ0) is 17.5. The van der Waals surface area contributed by atoms with Crippen molar-refractivity contribution in [3.8, 4) is 0 Å². The third kappa shape index (κ3) is 4.55. The van der Waals surface area contributed by atoms with Crippen molar-refractivity contribution in [1.82, 2.24) is 4.90 Å². The Balaban J connectivity index is 1.73. The molecule has 0 unspecified atom stereocenters. The zero-order valence-corrected chi connectivity index (χ0v) is 13.9. The Morgan fingerprint density at radius 1 is 0.960 bits per heavy atom. The van der Waals surface area contributed by atoms with E-state index in [1.807, 2.05) is 42.5 Å². The van der Waals surface area contributed by atoms with Gasteiger partial charge >= 0.3 is 0 Å². The Morgan fingerprint density at radius 3 is 2.40 bits per heavy atom. The van der Waals surface area contributed by atoms with Gasteiger partial charge in [0.2, 0.25) is 5.91 Å². The molecule has 1 saturated heterocycles. The van der Waals surface area contributed by atoms with Crippen molar-refractivity contribution in [2.75, 3.05) is 31.6 Å². The van der Waals surface area contributed by atoms with E-state index in [0.29, 0.717) is 37.4 Å². The van der Waals surface area contributed by atoms with E-state index in [0.717, 1.165) is 5.69 Å². The van der Waals surface area contributed by atoms with Gasteiger partial charge in [-0.15, -0.1) is 0 Å². The number of nitrogens with one attached hydrogen (secondary N) is 1. The van der Waals surface area contributed by atoms with Gasteiger partial charge in [0.25, 0.3) is 5.91 Å². The summed E-state index contributed by atoms with van der Waals surface area (Å²) in [6, 6.07) is 16.5. The summed E-state index contributed by atoms with van der Waals surface area (Å²) in [5, 5.41) is 2.86. The molecule has 5 nitrogen and oxygen atoms in total. The average molecular weight is 336 g/mol. The fourth-order valence-corrected chi connectivity index (χ4v) is 2.62. The number of hydrogen-bond acceptors (Lipinski definition) is 3. The van der Waals surface area contributed by atoms with Gasteiger partial charge in [-0.05, 0) is 29.8 Å². The van der Waals surface area contributed by atoms with Crippen LogP contribution in [0.5, 0.6) is 0 Å². The van der Waals surface area contributed by atoms with Crippen molar-refractivity contribution >= 4 is 23.6 Å². The smallest absolute Gasteiger partial charge is 0.256 e. The minimum Gasteiger partial charge on any atom is -0.378 e. The van der Waals surface area contributed by atoms with Gasteiger partial charge in [0, 0.05) is 30.4 Å². The minimum absolute atomic E-state index is 0.0680. The lowest BCUT2D eigenvalue weighted by Crippen LogP contribution is -2.39. The molecule has 1 fully saturated rings. The second kappa shape index (κ2) is 8.26. The zero-order valence-electron chi connectivity index (χ0n) is 13.9. The van der Waals surface area contributed by atoms with Crippen LogP contribution >= 0.6 is 0 Å². The molecule has 2 aromatic carbocycles. The molecule has 25 heavy (non-hydrogen) atoms. The third-order valence-electron chi connectivity index (χ3n) is 3.97. The molecule has 128 valence electrons. The molecule has 0 radical (unpaired) electrons. The summed E-state index contributed by atoms with van der Waals surface area (Å²) >= 11 is 0. The summed E-state index contributed by atoms with van der Waals surface area (Å²) < 4.78 is 5.25. The fraction of sp³-hybridized carbons (Fsp3) is 0.200. The molecule has 1 aliphatic rings. The van der Waals surface area contributed by atoms with Gasteiger partial charge in [-0.3, -0.25) is 9.59 Å². The standard InChI is InChI=1S/C20H20N2O3/c23-19(22-12-14-25-15-13-22)11-10-16-6-4-5-9-18(16)20(24)21-17-7-2-1-3-8-17/h1-11H,12-15H2,(H,21,24)/b11-10+. The van der Waals surface area contributed by atoms with Crippen molar-refractivity contribution in [2.24, 2.45) is 0 Å². The van der Waals surface area contributed by atoms with Crippen LogP contribution < -0.4 is 5.32 Å². The Kier molecular flexibility index (Phi) is 5.59. The number of carbonyl (C=O) groups excluding carboxylic acids is 2. The van der Waals surface area contributed by atoms with Gasteiger partial charge in [0.05, 0.1) is 13.2 Å². The lowest BCUT2D eigenvalue weighted by molar-refractivity contribution is -0.129. The highest BCUT2D eigenvalue weighted by Gasteiger charge is 2.15. The van der Waals surface area contributed by atoms with E-state index < -0.39 is 0 Å². The van der Waals surface area contributed by atoms with Gasteiger partial charge in [-0.1, -0.05) is 36.4 Å². The first-order valence-corrected chi connectivity index (χ1v) is 8.24. The Morgan fingerprint density at radius 2 is 1.64 bits per heavy atom. The molecule has 0 atom stereocenters. The molecule has 2 aromatic rings. The van der Waals surface area contributed by atoms with Crippen molar-refractivity contribution < 1.29 is 14.3 Å². The Bertz CT molecular complexity index is 766. The Hall–Kier alpha value is -2.92. The van der Waals surface area contributed by atoms with Crippen LogP contribution in [0.25, 0.3) is 6.08 Å². The number of rotatable bonds is 4. The number of morpholine rings is 1. The molecule has 0 bridgehead atoms. The monoisotopic (exact) mass is 336 g/mol. The molecule has 1 aliphatic heterocycles. The predicted molar refractivity (Wildman–Crippen MR) is 97.3 cm³/mol.